The fourth-order valence-electron chi connectivity index (χ4n) is 3.24. The summed E-state index contributed by atoms with van der Waals surface area (Å²) in [4.78, 5) is 30.6. The minimum absolute atomic E-state index is 0.0747. The van der Waals surface area contributed by atoms with Gasteiger partial charge in [0.25, 0.3) is 0 Å². The molecule has 0 aromatic heterocycles. The van der Waals surface area contributed by atoms with Crippen LogP contribution in [0.15, 0.2) is 0 Å². The zero-order valence-corrected chi connectivity index (χ0v) is 13.9. The average Bonchev–Trinajstić information content (AvgIpc) is 2.59. The fourth-order valence-corrected chi connectivity index (χ4v) is 3.24. The van der Waals surface area contributed by atoms with Crippen LogP contribution in [-0.4, -0.2) is 85.5 Å². The van der Waals surface area contributed by atoms with E-state index in [0.717, 1.165) is 39.0 Å². The lowest BCUT2D eigenvalue weighted by Gasteiger charge is -2.39. The van der Waals surface area contributed by atoms with E-state index >= 15 is 0 Å². The van der Waals surface area contributed by atoms with Gasteiger partial charge in [-0.05, 0) is 26.2 Å². The molecule has 0 radical (unpaired) electrons. The molecule has 6 nitrogen and oxygen atoms in total. The van der Waals surface area contributed by atoms with Crippen molar-refractivity contribution in [3.8, 4) is 0 Å². The van der Waals surface area contributed by atoms with Crippen LogP contribution in [0, 0.1) is 0 Å². The van der Waals surface area contributed by atoms with Gasteiger partial charge in [-0.3, -0.25) is 14.5 Å². The molecule has 1 atom stereocenters. The summed E-state index contributed by atoms with van der Waals surface area (Å²) in [5.41, 5.74) is 0. The SMILES string of the molecule is COCCC(=O)N1CCN(C(C)C(=O)N2CCCCC2)CC1. The Kier molecular flexibility index (Phi) is 6.64. The van der Waals surface area contributed by atoms with Crippen molar-refractivity contribution in [3.05, 3.63) is 0 Å². The highest BCUT2D eigenvalue weighted by atomic mass is 16.5. The lowest BCUT2D eigenvalue weighted by Crippen LogP contribution is -2.56. The van der Waals surface area contributed by atoms with Gasteiger partial charge >= 0.3 is 0 Å². The van der Waals surface area contributed by atoms with E-state index in [4.69, 9.17) is 4.74 Å². The maximum atomic E-state index is 12.5. The molecule has 0 aliphatic carbocycles. The Balaban J connectivity index is 1.77. The lowest BCUT2D eigenvalue weighted by molar-refractivity contribution is -0.139. The van der Waals surface area contributed by atoms with Crippen LogP contribution in [-0.2, 0) is 14.3 Å². The van der Waals surface area contributed by atoms with Crippen LogP contribution in [0.2, 0.25) is 0 Å². The molecular weight excluding hydrogens is 282 g/mol. The van der Waals surface area contributed by atoms with Crippen molar-refractivity contribution in [2.75, 3.05) is 53.0 Å². The van der Waals surface area contributed by atoms with E-state index in [9.17, 15) is 9.59 Å². The molecule has 2 fully saturated rings. The third-order valence-corrected chi connectivity index (χ3v) is 4.76. The zero-order valence-electron chi connectivity index (χ0n) is 13.9. The van der Waals surface area contributed by atoms with Crippen molar-refractivity contribution >= 4 is 11.8 Å². The molecule has 22 heavy (non-hydrogen) atoms. The molecule has 0 spiro atoms. The van der Waals surface area contributed by atoms with Crippen LogP contribution in [0.5, 0.6) is 0 Å². The molecule has 2 heterocycles. The highest BCUT2D eigenvalue weighted by Gasteiger charge is 2.30. The summed E-state index contributed by atoms with van der Waals surface area (Å²) in [5.74, 6) is 0.398. The number of rotatable bonds is 5. The number of nitrogens with zero attached hydrogens (tertiary/aromatic N) is 3. The number of ether oxygens (including phenoxy) is 1. The first-order chi connectivity index (χ1) is 10.6. The largest absolute Gasteiger partial charge is 0.384 e. The molecule has 0 aromatic carbocycles. The first kappa shape index (κ1) is 17.2. The minimum atomic E-state index is -0.0747. The summed E-state index contributed by atoms with van der Waals surface area (Å²) in [5, 5.41) is 0. The van der Waals surface area contributed by atoms with E-state index in [1.54, 1.807) is 7.11 Å². The number of likely N-dealkylation sites (tertiary alicyclic amines) is 1. The number of amides is 2. The van der Waals surface area contributed by atoms with Crippen LogP contribution in [0.1, 0.15) is 32.6 Å². The molecule has 2 aliphatic rings. The van der Waals surface area contributed by atoms with Gasteiger partial charge in [-0.2, -0.15) is 0 Å². The van der Waals surface area contributed by atoms with Gasteiger partial charge in [0.1, 0.15) is 0 Å². The van der Waals surface area contributed by atoms with Gasteiger partial charge in [0, 0.05) is 46.4 Å². The Morgan fingerprint density at radius 3 is 2.18 bits per heavy atom. The Bertz CT molecular complexity index is 375. The summed E-state index contributed by atoms with van der Waals surface area (Å²) in [6.45, 7) is 7.25. The summed E-state index contributed by atoms with van der Waals surface area (Å²) < 4.78 is 4.95. The maximum Gasteiger partial charge on any atom is 0.239 e. The normalized spacial score (nSPS) is 21.7. The second-order valence-corrected chi connectivity index (χ2v) is 6.22. The second-order valence-electron chi connectivity index (χ2n) is 6.22. The number of carbonyl (C=O) groups excluding carboxylic acids is 2. The van der Waals surface area contributed by atoms with Crippen molar-refractivity contribution in [3.63, 3.8) is 0 Å². The summed E-state index contributed by atoms with van der Waals surface area (Å²) in [6, 6.07) is -0.0747. The van der Waals surface area contributed by atoms with Gasteiger partial charge in [0.15, 0.2) is 0 Å². The second kappa shape index (κ2) is 8.48. The predicted octanol–water partition coefficient (Wildman–Crippen LogP) is 0.568. The average molecular weight is 311 g/mol. The molecule has 0 saturated carbocycles. The Labute approximate surface area is 133 Å². The Morgan fingerprint density at radius 2 is 1.59 bits per heavy atom. The zero-order chi connectivity index (χ0) is 15.9. The van der Waals surface area contributed by atoms with Gasteiger partial charge in [0.05, 0.1) is 19.1 Å². The standard InChI is InChI=1S/C16H29N3O3/c1-14(16(21)19-7-4-3-5-8-19)17-9-11-18(12-10-17)15(20)6-13-22-2/h14H,3-13H2,1-2H3. The number of piperidine rings is 1. The number of carbonyl (C=O) groups is 2. The molecule has 1 unspecified atom stereocenters. The lowest BCUT2D eigenvalue weighted by atomic mass is 10.1. The minimum Gasteiger partial charge on any atom is -0.384 e. The van der Waals surface area contributed by atoms with E-state index in [2.05, 4.69) is 4.90 Å². The molecule has 0 bridgehead atoms. The molecule has 126 valence electrons. The topological polar surface area (TPSA) is 53.1 Å². The van der Waals surface area contributed by atoms with Crippen LogP contribution >= 0.6 is 0 Å². The summed E-state index contributed by atoms with van der Waals surface area (Å²) >= 11 is 0. The highest BCUT2D eigenvalue weighted by molar-refractivity contribution is 5.81. The molecule has 2 saturated heterocycles. The first-order valence-corrected chi connectivity index (χ1v) is 8.43. The van der Waals surface area contributed by atoms with Crippen LogP contribution in [0.25, 0.3) is 0 Å². The van der Waals surface area contributed by atoms with Crippen molar-refractivity contribution < 1.29 is 14.3 Å². The number of hydrogen-bond donors (Lipinski definition) is 0. The third kappa shape index (κ3) is 4.43. The smallest absolute Gasteiger partial charge is 0.239 e. The van der Waals surface area contributed by atoms with E-state index in [-0.39, 0.29) is 17.9 Å². The Morgan fingerprint density at radius 1 is 0.955 bits per heavy atom. The molecule has 0 aromatic rings. The van der Waals surface area contributed by atoms with E-state index in [1.165, 1.54) is 6.42 Å². The molecular formula is C16H29N3O3. The van der Waals surface area contributed by atoms with E-state index in [1.807, 2.05) is 16.7 Å². The van der Waals surface area contributed by atoms with Gasteiger partial charge in [-0.25, -0.2) is 0 Å². The summed E-state index contributed by atoms with van der Waals surface area (Å²) in [7, 11) is 1.61. The Hall–Kier alpha value is -1.14. The fraction of sp³-hybridized carbons (Fsp3) is 0.875. The summed E-state index contributed by atoms with van der Waals surface area (Å²) in [6.07, 6.45) is 3.93. The first-order valence-electron chi connectivity index (χ1n) is 8.43. The van der Waals surface area contributed by atoms with Gasteiger partial charge in [0.2, 0.25) is 11.8 Å². The van der Waals surface area contributed by atoms with Crippen LogP contribution < -0.4 is 0 Å². The van der Waals surface area contributed by atoms with Gasteiger partial charge in [-0.1, -0.05) is 0 Å². The van der Waals surface area contributed by atoms with Gasteiger partial charge in [-0.15, -0.1) is 0 Å². The highest BCUT2D eigenvalue weighted by Crippen LogP contribution is 2.14. The quantitative estimate of drug-likeness (QED) is 0.745. The van der Waals surface area contributed by atoms with Gasteiger partial charge < -0.3 is 14.5 Å². The monoisotopic (exact) mass is 311 g/mol. The van der Waals surface area contributed by atoms with Crippen molar-refractivity contribution in [1.82, 2.24) is 14.7 Å². The van der Waals surface area contributed by atoms with Crippen molar-refractivity contribution in [2.24, 2.45) is 0 Å². The molecule has 2 amide bonds. The molecule has 2 aliphatic heterocycles. The van der Waals surface area contributed by atoms with E-state index in [0.29, 0.717) is 26.1 Å². The number of piperazine rings is 1. The number of hydrogen-bond acceptors (Lipinski definition) is 4. The van der Waals surface area contributed by atoms with Crippen molar-refractivity contribution in [1.29, 1.82) is 0 Å². The molecule has 0 N–H and O–H groups in total. The van der Waals surface area contributed by atoms with E-state index < -0.39 is 0 Å². The van der Waals surface area contributed by atoms with Crippen LogP contribution in [0.4, 0.5) is 0 Å². The third-order valence-electron chi connectivity index (χ3n) is 4.76. The molecule has 6 heteroatoms. The maximum absolute atomic E-state index is 12.5. The molecule has 2 rings (SSSR count). The van der Waals surface area contributed by atoms with Crippen LogP contribution in [0.3, 0.4) is 0 Å². The number of methoxy groups -OCH3 is 1. The van der Waals surface area contributed by atoms with Crippen molar-refractivity contribution in [2.45, 2.75) is 38.6 Å². The predicted molar refractivity (Wildman–Crippen MR) is 84.5 cm³/mol.